The minimum Gasteiger partial charge on any atom is -0.491 e. The molecule has 8 heteroatoms. The second-order valence-electron chi connectivity index (χ2n) is 9.34. The molecular weight excluding hydrogens is 436 g/mol. The number of nitrogens with one attached hydrogen (secondary N) is 1. The van der Waals surface area contributed by atoms with Crippen molar-refractivity contribution >= 4 is 38.8 Å². The largest absolute Gasteiger partial charge is 0.491 e. The minimum atomic E-state index is -0.165. The van der Waals surface area contributed by atoms with E-state index in [0.29, 0.717) is 29.2 Å². The van der Waals surface area contributed by atoms with Gasteiger partial charge in [0.1, 0.15) is 22.1 Å². The molecule has 1 aromatic carbocycles. The van der Waals surface area contributed by atoms with Crippen LogP contribution >= 0.6 is 11.3 Å². The molecule has 3 aliphatic heterocycles. The molecule has 6 rings (SSSR count). The van der Waals surface area contributed by atoms with Crippen LogP contribution in [0.25, 0.3) is 10.2 Å². The van der Waals surface area contributed by atoms with Crippen molar-refractivity contribution in [2.45, 2.75) is 38.3 Å². The Kier molecular flexibility index (Phi) is 5.14. The second-order valence-corrected chi connectivity index (χ2v) is 10.3. The zero-order valence-corrected chi connectivity index (χ0v) is 19.5. The van der Waals surface area contributed by atoms with Crippen molar-refractivity contribution in [2.24, 2.45) is 5.92 Å². The van der Waals surface area contributed by atoms with Crippen LogP contribution < -0.4 is 20.7 Å². The minimum absolute atomic E-state index is 0.0989. The molecule has 0 spiro atoms. The number of anilines is 2. The lowest BCUT2D eigenvalue weighted by molar-refractivity contribution is 0.00105. The van der Waals surface area contributed by atoms with Gasteiger partial charge in [-0.3, -0.25) is 4.79 Å². The number of ether oxygens (including phenoxy) is 2. The molecule has 3 aliphatic rings. The molecule has 2 saturated heterocycles. The number of nitrogens with zero attached hydrogens (tertiary/aromatic N) is 2. The van der Waals surface area contributed by atoms with E-state index in [1.165, 1.54) is 29.9 Å². The average Bonchev–Trinajstić information content (AvgIpc) is 3.39. The normalized spacial score (nSPS) is 24.3. The van der Waals surface area contributed by atoms with E-state index in [4.69, 9.17) is 15.2 Å². The molecule has 5 heterocycles. The van der Waals surface area contributed by atoms with Gasteiger partial charge in [0.05, 0.1) is 17.8 Å². The summed E-state index contributed by atoms with van der Waals surface area (Å²) in [6.45, 7) is 5.26. The summed E-state index contributed by atoms with van der Waals surface area (Å²) in [5.41, 5.74) is 9.97. The van der Waals surface area contributed by atoms with Gasteiger partial charge in [0.25, 0.3) is 5.91 Å². The number of aromatic nitrogens is 1. The van der Waals surface area contributed by atoms with Crippen molar-refractivity contribution in [1.29, 1.82) is 0 Å². The molecule has 3 N–H and O–H groups in total. The van der Waals surface area contributed by atoms with Crippen LogP contribution in [-0.4, -0.2) is 49.3 Å². The Balaban J connectivity index is 1.14. The van der Waals surface area contributed by atoms with Crippen LogP contribution in [0.3, 0.4) is 0 Å². The maximum Gasteiger partial charge on any atom is 0.263 e. The first-order valence-electron chi connectivity index (χ1n) is 11.6. The molecule has 2 fully saturated rings. The fourth-order valence-corrected chi connectivity index (χ4v) is 6.30. The monoisotopic (exact) mass is 464 g/mol. The molecule has 3 aromatic rings. The van der Waals surface area contributed by atoms with Crippen molar-refractivity contribution in [2.75, 3.05) is 36.9 Å². The molecule has 3 atom stereocenters. The highest BCUT2D eigenvalue weighted by Crippen LogP contribution is 2.36. The van der Waals surface area contributed by atoms with Gasteiger partial charge in [0, 0.05) is 48.4 Å². The van der Waals surface area contributed by atoms with E-state index in [9.17, 15) is 4.79 Å². The van der Waals surface area contributed by atoms with Crippen molar-refractivity contribution in [3.63, 3.8) is 0 Å². The fraction of sp³-hybridized carbons (Fsp3) is 0.440. The number of carbonyl (C=O) groups excluding carboxylic acids is 1. The Morgan fingerprint density at radius 3 is 3.06 bits per heavy atom. The van der Waals surface area contributed by atoms with Gasteiger partial charge in [-0.1, -0.05) is 6.07 Å². The highest BCUT2D eigenvalue weighted by atomic mass is 32.1. The van der Waals surface area contributed by atoms with Crippen molar-refractivity contribution in [3.8, 4) is 5.75 Å². The second kappa shape index (κ2) is 8.18. The highest BCUT2D eigenvalue weighted by molar-refractivity contribution is 7.21. The van der Waals surface area contributed by atoms with Crippen LogP contribution in [0.4, 0.5) is 11.4 Å². The van der Waals surface area contributed by atoms with Crippen molar-refractivity contribution < 1.29 is 14.3 Å². The SMILES string of the molecule is Cc1ccc2c(N)c(C(=O)N[C@H]3COc4cc(N5C[C@@H]6CCCO[C@@H]6C5)ccc4C3)sc2n1. The smallest absolute Gasteiger partial charge is 0.263 e. The number of rotatable bonds is 3. The molecule has 0 saturated carbocycles. The molecule has 0 unspecified atom stereocenters. The summed E-state index contributed by atoms with van der Waals surface area (Å²) in [5, 5.41) is 3.94. The van der Waals surface area contributed by atoms with Gasteiger partial charge in [0.15, 0.2) is 0 Å². The zero-order valence-electron chi connectivity index (χ0n) is 18.7. The van der Waals surface area contributed by atoms with E-state index in [0.717, 1.165) is 53.3 Å². The highest BCUT2D eigenvalue weighted by Gasteiger charge is 2.36. The number of hydrogen-bond acceptors (Lipinski definition) is 7. The first kappa shape index (κ1) is 20.7. The summed E-state index contributed by atoms with van der Waals surface area (Å²) in [6, 6.07) is 10.2. The number of fused-ring (bicyclic) bond motifs is 3. The van der Waals surface area contributed by atoms with E-state index in [1.54, 1.807) is 0 Å². The molecule has 2 aromatic heterocycles. The molecule has 0 radical (unpaired) electrons. The number of benzene rings is 1. The van der Waals surface area contributed by atoms with E-state index < -0.39 is 0 Å². The summed E-state index contributed by atoms with van der Waals surface area (Å²) < 4.78 is 12.0. The number of pyridine rings is 1. The number of carbonyl (C=O) groups is 1. The first-order valence-corrected chi connectivity index (χ1v) is 12.5. The predicted molar refractivity (Wildman–Crippen MR) is 130 cm³/mol. The Morgan fingerprint density at radius 1 is 1.27 bits per heavy atom. The van der Waals surface area contributed by atoms with Gasteiger partial charge < -0.3 is 25.4 Å². The Bertz CT molecular complexity index is 1210. The van der Waals surface area contributed by atoms with E-state index in [1.807, 2.05) is 19.1 Å². The number of thiophene rings is 1. The van der Waals surface area contributed by atoms with Gasteiger partial charge in [-0.05, 0) is 49.9 Å². The average molecular weight is 465 g/mol. The van der Waals surface area contributed by atoms with Gasteiger partial charge in [0.2, 0.25) is 0 Å². The third-order valence-electron chi connectivity index (χ3n) is 7.03. The number of nitrogen functional groups attached to an aromatic ring is 1. The van der Waals surface area contributed by atoms with E-state index >= 15 is 0 Å². The molecule has 7 nitrogen and oxygen atoms in total. The van der Waals surface area contributed by atoms with Gasteiger partial charge >= 0.3 is 0 Å². The van der Waals surface area contributed by atoms with E-state index in [2.05, 4.69) is 33.4 Å². The summed E-state index contributed by atoms with van der Waals surface area (Å²) >= 11 is 1.34. The molecule has 172 valence electrons. The topological polar surface area (TPSA) is 89.7 Å². The summed E-state index contributed by atoms with van der Waals surface area (Å²) in [7, 11) is 0. The van der Waals surface area contributed by atoms with Crippen LogP contribution in [0.2, 0.25) is 0 Å². The van der Waals surface area contributed by atoms with Gasteiger partial charge in [-0.15, -0.1) is 11.3 Å². The lowest BCUT2D eigenvalue weighted by atomic mass is 9.98. The first-order chi connectivity index (χ1) is 16.0. The molecule has 0 bridgehead atoms. The molecule has 1 amide bonds. The third kappa shape index (κ3) is 3.81. The lowest BCUT2D eigenvalue weighted by Crippen LogP contribution is -2.42. The van der Waals surface area contributed by atoms with E-state index in [-0.39, 0.29) is 11.9 Å². The number of amides is 1. The molecule has 33 heavy (non-hydrogen) atoms. The van der Waals surface area contributed by atoms with Gasteiger partial charge in [-0.2, -0.15) is 0 Å². The number of hydrogen-bond donors (Lipinski definition) is 2. The van der Waals surface area contributed by atoms with Crippen LogP contribution in [0, 0.1) is 12.8 Å². The van der Waals surface area contributed by atoms with Crippen LogP contribution in [-0.2, 0) is 11.2 Å². The van der Waals surface area contributed by atoms with Crippen LogP contribution in [0.15, 0.2) is 30.3 Å². The lowest BCUT2D eigenvalue weighted by Gasteiger charge is -2.28. The maximum absolute atomic E-state index is 13.0. The van der Waals surface area contributed by atoms with Crippen molar-refractivity contribution in [1.82, 2.24) is 10.3 Å². The number of nitrogens with two attached hydrogens (primary N) is 1. The predicted octanol–water partition coefficient (Wildman–Crippen LogP) is 3.54. The Labute approximate surface area is 196 Å². The summed E-state index contributed by atoms with van der Waals surface area (Å²) in [5.74, 6) is 1.38. The third-order valence-corrected chi connectivity index (χ3v) is 8.14. The maximum atomic E-state index is 13.0. The standard InChI is InChI=1S/C25H28N4O3S/c1-14-4-7-19-22(26)23(33-25(19)27-14)24(30)28-17-9-15-5-6-18(10-20(15)32-13-17)29-11-16-3-2-8-31-21(16)12-29/h4-7,10,16-17,21H,2-3,8-9,11-13,26H2,1H3,(H,28,30)/t16-,17+,21+/m0/s1. The zero-order chi connectivity index (χ0) is 22.5. The molecule has 0 aliphatic carbocycles. The summed E-state index contributed by atoms with van der Waals surface area (Å²) in [4.78, 5) is 21.2. The van der Waals surface area contributed by atoms with Crippen LogP contribution in [0.5, 0.6) is 5.75 Å². The Morgan fingerprint density at radius 2 is 2.18 bits per heavy atom. The summed E-state index contributed by atoms with van der Waals surface area (Å²) in [6.07, 6.45) is 3.51. The van der Waals surface area contributed by atoms with Crippen LogP contribution in [0.1, 0.15) is 33.8 Å². The molecular formula is C25H28N4O3S. The quantitative estimate of drug-likeness (QED) is 0.616. The fourth-order valence-electron chi connectivity index (χ4n) is 5.26. The Hall–Kier alpha value is -2.84. The van der Waals surface area contributed by atoms with Crippen molar-refractivity contribution in [3.05, 3.63) is 46.5 Å². The van der Waals surface area contributed by atoms with Gasteiger partial charge in [-0.25, -0.2) is 4.98 Å². The number of aryl methyl sites for hydroxylation is 1.